The Morgan fingerprint density at radius 3 is 2.69 bits per heavy atom. The van der Waals surface area contributed by atoms with E-state index in [1.807, 2.05) is 0 Å². The minimum absolute atomic E-state index is 0.873. The average molecular weight is 283 g/mol. The predicted octanol–water partition coefficient (Wildman–Crippen LogP) is 2.17. The van der Waals surface area contributed by atoms with Gasteiger partial charge in [-0.15, -0.1) is 0 Å². The molecule has 1 heterocycles. The van der Waals surface area contributed by atoms with Gasteiger partial charge in [-0.25, -0.2) is 0 Å². The Hall–Kier alpha value is -0.181. The molecule has 1 aliphatic heterocycles. The molecule has 0 aromatic heterocycles. The molecule has 0 spiro atoms. The van der Waals surface area contributed by atoms with Gasteiger partial charge in [-0.1, -0.05) is 0 Å². The fraction of sp³-hybridized carbons (Fsp3) is 0.455. The molecule has 13 heavy (non-hydrogen) atoms. The molecule has 2 rings (SSSR count). The summed E-state index contributed by atoms with van der Waals surface area (Å²) in [6.45, 7) is 0.873. The molecule has 0 fully saturated rings. The van der Waals surface area contributed by atoms with Crippen LogP contribution in [0.4, 0.5) is 0 Å². The van der Waals surface area contributed by atoms with Crippen molar-refractivity contribution in [2.45, 2.75) is 21.2 Å². The van der Waals surface area contributed by atoms with Crippen LogP contribution in [0.25, 0.3) is 0 Å². The van der Waals surface area contributed by atoms with Crippen LogP contribution >= 0.6 is 0 Å². The van der Waals surface area contributed by atoms with Gasteiger partial charge in [0.15, 0.2) is 0 Å². The normalized spacial score (nSPS) is 15.3. The summed E-state index contributed by atoms with van der Waals surface area (Å²) < 4.78 is 7.13. The fourth-order valence-corrected chi connectivity index (χ4v) is 4.91. The van der Waals surface area contributed by atoms with Crippen molar-refractivity contribution in [1.29, 1.82) is 0 Å². The first-order chi connectivity index (χ1) is 6.07. The van der Waals surface area contributed by atoms with Crippen molar-refractivity contribution in [1.82, 2.24) is 0 Å². The molecule has 0 unspecified atom stereocenters. The standard InChI is InChI=1S/C8H7O.3CH3.Sn/c1-2-4-8-7(3-1)5-6-9-8;;;;/h1,3-4H,5-6H2;3*1H3;. The van der Waals surface area contributed by atoms with Crippen molar-refractivity contribution >= 4 is 22.0 Å². The van der Waals surface area contributed by atoms with Gasteiger partial charge in [0, 0.05) is 0 Å². The van der Waals surface area contributed by atoms with Crippen molar-refractivity contribution in [3.63, 3.8) is 0 Å². The zero-order chi connectivity index (χ0) is 9.47. The van der Waals surface area contributed by atoms with E-state index in [-0.39, 0.29) is 0 Å². The molecule has 0 saturated carbocycles. The topological polar surface area (TPSA) is 9.23 Å². The fourth-order valence-electron chi connectivity index (χ4n) is 1.63. The molecule has 0 N–H and O–H groups in total. The molecular weight excluding hydrogens is 267 g/mol. The molecular formula is C11H16OSn. The Labute approximate surface area is 84.0 Å². The van der Waals surface area contributed by atoms with Gasteiger partial charge in [-0.3, -0.25) is 0 Å². The zero-order valence-electron chi connectivity index (χ0n) is 8.55. The van der Waals surface area contributed by atoms with Crippen LogP contribution in [-0.2, 0) is 6.42 Å². The molecule has 0 amide bonds. The quantitative estimate of drug-likeness (QED) is 0.718. The van der Waals surface area contributed by atoms with Gasteiger partial charge in [0.05, 0.1) is 0 Å². The van der Waals surface area contributed by atoms with Gasteiger partial charge in [0.2, 0.25) is 0 Å². The summed E-state index contributed by atoms with van der Waals surface area (Å²) in [5.41, 5.74) is 1.39. The van der Waals surface area contributed by atoms with E-state index in [0.717, 1.165) is 18.8 Å². The summed E-state index contributed by atoms with van der Waals surface area (Å²) in [7, 11) is 0. The molecule has 1 nitrogen and oxygen atoms in total. The van der Waals surface area contributed by atoms with Crippen LogP contribution < -0.4 is 8.32 Å². The molecule has 1 aromatic carbocycles. The van der Waals surface area contributed by atoms with Gasteiger partial charge in [0.1, 0.15) is 0 Å². The van der Waals surface area contributed by atoms with Crippen LogP contribution in [0.15, 0.2) is 18.2 Å². The van der Waals surface area contributed by atoms with E-state index in [2.05, 4.69) is 33.0 Å². The van der Waals surface area contributed by atoms with Crippen molar-refractivity contribution in [3.8, 4) is 5.75 Å². The summed E-state index contributed by atoms with van der Waals surface area (Å²) in [6, 6.07) is 6.84. The summed E-state index contributed by atoms with van der Waals surface area (Å²) in [5.74, 6) is 1.14. The maximum absolute atomic E-state index is 5.57. The van der Waals surface area contributed by atoms with Crippen LogP contribution in [-0.4, -0.2) is 25.0 Å². The Kier molecular flexibility index (Phi) is 2.30. The first-order valence-corrected chi connectivity index (χ1v) is 14.8. The summed E-state index contributed by atoms with van der Waals surface area (Å²) in [6.07, 6.45) is 1.09. The van der Waals surface area contributed by atoms with Crippen molar-refractivity contribution in [2.24, 2.45) is 0 Å². The van der Waals surface area contributed by atoms with Crippen LogP contribution in [0.3, 0.4) is 0 Å². The van der Waals surface area contributed by atoms with E-state index in [0.29, 0.717) is 0 Å². The number of hydrogen-bond donors (Lipinski definition) is 0. The molecule has 2 heteroatoms. The van der Waals surface area contributed by atoms with Crippen LogP contribution in [0, 0.1) is 0 Å². The van der Waals surface area contributed by atoms with Gasteiger partial charge in [-0.05, 0) is 0 Å². The minimum atomic E-state index is -1.86. The number of ether oxygens (including phenoxy) is 1. The zero-order valence-corrected chi connectivity index (χ0v) is 11.4. The third kappa shape index (κ3) is 1.85. The summed E-state index contributed by atoms with van der Waals surface area (Å²) in [5, 5.41) is 0. The molecule has 1 aliphatic rings. The van der Waals surface area contributed by atoms with E-state index in [1.165, 1.54) is 5.56 Å². The number of benzene rings is 1. The predicted molar refractivity (Wildman–Crippen MR) is 58.6 cm³/mol. The Morgan fingerprint density at radius 1 is 1.23 bits per heavy atom. The van der Waals surface area contributed by atoms with E-state index in [4.69, 9.17) is 4.74 Å². The molecule has 0 saturated heterocycles. The van der Waals surface area contributed by atoms with Crippen molar-refractivity contribution in [3.05, 3.63) is 23.8 Å². The average Bonchev–Trinajstić information content (AvgIpc) is 2.47. The molecule has 0 bridgehead atoms. The third-order valence-corrected chi connectivity index (χ3v) is 8.39. The van der Waals surface area contributed by atoms with Gasteiger partial charge in [-0.2, -0.15) is 0 Å². The summed E-state index contributed by atoms with van der Waals surface area (Å²) in [4.78, 5) is 7.31. The van der Waals surface area contributed by atoms with Crippen LogP contribution in [0.1, 0.15) is 5.56 Å². The van der Waals surface area contributed by atoms with Crippen molar-refractivity contribution < 1.29 is 4.74 Å². The number of rotatable bonds is 1. The molecule has 70 valence electrons. The van der Waals surface area contributed by atoms with Crippen LogP contribution in [0.2, 0.25) is 14.8 Å². The second kappa shape index (κ2) is 3.19. The summed E-state index contributed by atoms with van der Waals surface area (Å²) >= 11 is -1.86. The Balaban J connectivity index is 2.42. The van der Waals surface area contributed by atoms with Gasteiger partial charge < -0.3 is 0 Å². The number of fused-ring (bicyclic) bond motifs is 1. The van der Waals surface area contributed by atoms with Crippen LogP contribution in [0.5, 0.6) is 5.75 Å². The van der Waals surface area contributed by atoms with Gasteiger partial charge in [0.25, 0.3) is 0 Å². The third-order valence-electron chi connectivity index (χ3n) is 2.56. The van der Waals surface area contributed by atoms with E-state index in [9.17, 15) is 0 Å². The molecule has 0 radical (unpaired) electrons. The molecule has 0 aliphatic carbocycles. The monoisotopic (exact) mass is 284 g/mol. The van der Waals surface area contributed by atoms with E-state index < -0.39 is 18.4 Å². The number of hydrogen-bond acceptors (Lipinski definition) is 1. The maximum atomic E-state index is 5.57. The van der Waals surface area contributed by atoms with Crippen molar-refractivity contribution in [2.75, 3.05) is 6.61 Å². The Bertz CT molecular complexity index is 325. The Morgan fingerprint density at radius 2 is 2.00 bits per heavy atom. The first-order valence-electron chi connectivity index (χ1n) is 4.83. The molecule has 1 aromatic rings. The van der Waals surface area contributed by atoms with E-state index in [1.54, 1.807) is 3.58 Å². The second-order valence-electron chi connectivity index (χ2n) is 4.67. The molecule has 0 atom stereocenters. The van der Waals surface area contributed by atoms with Gasteiger partial charge >= 0.3 is 84.1 Å². The first kappa shape index (κ1) is 9.38. The van der Waals surface area contributed by atoms with E-state index >= 15 is 0 Å². The SMILES string of the molecule is [CH3][Sn]([CH3])([CH3])[c]1ccc2c(c1)OCC2. The second-order valence-corrected chi connectivity index (χ2v) is 19.2.